The summed E-state index contributed by atoms with van der Waals surface area (Å²) in [4.78, 5) is 0. The predicted octanol–water partition coefficient (Wildman–Crippen LogP) is 1.46. The van der Waals surface area contributed by atoms with Gasteiger partial charge in [0.05, 0.1) is 6.61 Å². The predicted molar refractivity (Wildman–Crippen MR) is 98.2 cm³/mol. The molecule has 1 saturated heterocycles. The number of hydrogen-bond donors (Lipinski definition) is 4. The molecule has 1 aromatic carbocycles. The monoisotopic (exact) mass is 368 g/mol. The summed E-state index contributed by atoms with van der Waals surface area (Å²) in [6.45, 7) is 12.1. The van der Waals surface area contributed by atoms with Crippen molar-refractivity contribution in [3.8, 4) is 5.75 Å². The van der Waals surface area contributed by atoms with Gasteiger partial charge >= 0.3 is 0 Å². The van der Waals surface area contributed by atoms with E-state index < -0.39 is 37.3 Å². The first kappa shape index (κ1) is 21.1. The highest BCUT2D eigenvalue weighted by atomic mass is 16.7. The van der Waals surface area contributed by atoms with Crippen molar-refractivity contribution in [2.75, 3.05) is 6.61 Å². The first-order valence-corrected chi connectivity index (χ1v) is 8.98. The van der Waals surface area contributed by atoms with Crippen LogP contribution in [0.25, 0.3) is 0 Å². The maximum absolute atomic E-state index is 10.2. The molecule has 0 saturated carbocycles. The first-order valence-electron chi connectivity index (χ1n) is 8.98. The molecule has 0 radical (unpaired) electrons. The molecule has 26 heavy (non-hydrogen) atoms. The fourth-order valence-electron chi connectivity index (χ4n) is 2.98. The molecule has 0 aliphatic carbocycles. The Bertz CT molecular complexity index is 614. The maximum Gasteiger partial charge on any atom is 0.229 e. The Labute approximate surface area is 155 Å². The van der Waals surface area contributed by atoms with Crippen LogP contribution in [0.4, 0.5) is 0 Å². The molecule has 5 atom stereocenters. The zero-order valence-corrected chi connectivity index (χ0v) is 16.4. The highest BCUT2D eigenvalue weighted by molar-refractivity contribution is 5.43. The molecule has 148 valence electrons. The zero-order valence-electron chi connectivity index (χ0n) is 16.4. The number of rotatable bonds is 3. The minimum Gasteiger partial charge on any atom is -0.462 e. The molecular formula is C20H32O6. The van der Waals surface area contributed by atoms with Crippen LogP contribution < -0.4 is 4.74 Å². The van der Waals surface area contributed by atoms with E-state index in [1.54, 1.807) is 0 Å². The molecule has 1 heterocycles. The molecule has 0 spiro atoms. The highest BCUT2D eigenvalue weighted by Gasteiger charge is 2.45. The summed E-state index contributed by atoms with van der Waals surface area (Å²) in [7, 11) is 0. The molecule has 6 nitrogen and oxygen atoms in total. The van der Waals surface area contributed by atoms with Gasteiger partial charge in [0.2, 0.25) is 6.29 Å². The second-order valence-corrected chi connectivity index (χ2v) is 9.03. The number of aliphatic hydroxyl groups excluding tert-OH is 4. The van der Waals surface area contributed by atoms with Crippen LogP contribution in [0.1, 0.15) is 52.7 Å². The van der Waals surface area contributed by atoms with Crippen LogP contribution in [0, 0.1) is 0 Å². The van der Waals surface area contributed by atoms with Crippen molar-refractivity contribution < 1.29 is 29.9 Å². The Morgan fingerprint density at radius 3 is 2.04 bits per heavy atom. The van der Waals surface area contributed by atoms with E-state index in [1.807, 2.05) is 12.1 Å². The fourth-order valence-corrected chi connectivity index (χ4v) is 2.98. The van der Waals surface area contributed by atoms with Crippen LogP contribution in [-0.4, -0.2) is 57.7 Å². The first-order chi connectivity index (χ1) is 11.9. The van der Waals surface area contributed by atoms with Gasteiger partial charge in [0, 0.05) is 0 Å². The Balaban J connectivity index is 2.36. The van der Waals surface area contributed by atoms with Crippen molar-refractivity contribution in [3.63, 3.8) is 0 Å². The SMILES string of the molecule is CC(C)(C)c1ccc(O[C@@H]2O[C@H](CO)[C@@H](O)[C@@H](O)[C@H]2O)c(C(C)(C)C)c1. The standard InChI is InChI=1S/C20H32O6/c1-19(2,3)11-7-8-13(12(9-11)20(4,5)6)25-18-17(24)16(23)15(22)14(10-21)26-18/h7-9,14-18,21-24H,10H2,1-6H3/t14-,15-,16-,17-,18-/m1/s1. The lowest BCUT2D eigenvalue weighted by molar-refractivity contribution is -0.277. The van der Waals surface area contributed by atoms with E-state index in [4.69, 9.17) is 9.47 Å². The number of benzene rings is 1. The molecule has 1 fully saturated rings. The molecule has 2 rings (SSSR count). The van der Waals surface area contributed by atoms with Crippen LogP contribution in [0.2, 0.25) is 0 Å². The summed E-state index contributed by atoms with van der Waals surface area (Å²) in [6, 6.07) is 5.89. The van der Waals surface area contributed by atoms with Gasteiger partial charge in [0.25, 0.3) is 0 Å². The van der Waals surface area contributed by atoms with Crippen molar-refractivity contribution in [2.45, 2.75) is 83.1 Å². The van der Waals surface area contributed by atoms with E-state index in [1.165, 1.54) is 0 Å². The van der Waals surface area contributed by atoms with Crippen LogP contribution in [0.15, 0.2) is 18.2 Å². The average Bonchev–Trinajstić information content (AvgIpc) is 2.53. The van der Waals surface area contributed by atoms with Gasteiger partial charge in [-0.15, -0.1) is 0 Å². The van der Waals surface area contributed by atoms with Crippen molar-refractivity contribution in [1.82, 2.24) is 0 Å². The topological polar surface area (TPSA) is 99.4 Å². The molecule has 0 amide bonds. The molecule has 1 aliphatic heterocycles. The largest absolute Gasteiger partial charge is 0.462 e. The molecular weight excluding hydrogens is 336 g/mol. The highest BCUT2D eigenvalue weighted by Crippen LogP contribution is 2.37. The third kappa shape index (κ3) is 4.38. The second kappa shape index (κ2) is 7.44. The van der Waals surface area contributed by atoms with Gasteiger partial charge in [-0.1, -0.05) is 53.7 Å². The van der Waals surface area contributed by atoms with Crippen molar-refractivity contribution in [1.29, 1.82) is 0 Å². The van der Waals surface area contributed by atoms with Crippen molar-refractivity contribution >= 4 is 0 Å². The molecule has 1 aromatic rings. The summed E-state index contributed by atoms with van der Waals surface area (Å²) in [5.41, 5.74) is 1.86. The zero-order chi connectivity index (χ0) is 19.9. The molecule has 0 bridgehead atoms. The van der Waals surface area contributed by atoms with E-state index >= 15 is 0 Å². The number of ether oxygens (including phenoxy) is 2. The fraction of sp³-hybridized carbons (Fsp3) is 0.700. The van der Waals surface area contributed by atoms with Gasteiger partial charge in [-0.2, -0.15) is 0 Å². The van der Waals surface area contributed by atoms with Crippen LogP contribution >= 0.6 is 0 Å². The van der Waals surface area contributed by atoms with Gasteiger partial charge in [0.1, 0.15) is 30.2 Å². The molecule has 4 N–H and O–H groups in total. The van der Waals surface area contributed by atoms with Gasteiger partial charge < -0.3 is 29.9 Å². The Morgan fingerprint density at radius 1 is 0.923 bits per heavy atom. The van der Waals surface area contributed by atoms with Crippen LogP contribution in [0.5, 0.6) is 5.75 Å². The van der Waals surface area contributed by atoms with E-state index in [0.717, 1.165) is 11.1 Å². The molecule has 1 aliphatic rings. The van der Waals surface area contributed by atoms with E-state index in [9.17, 15) is 20.4 Å². The third-order valence-electron chi connectivity index (χ3n) is 4.75. The summed E-state index contributed by atoms with van der Waals surface area (Å²) in [5.74, 6) is 0.537. The minimum absolute atomic E-state index is 0.0261. The molecule has 6 heteroatoms. The Kier molecular flexibility index (Phi) is 6.05. The van der Waals surface area contributed by atoms with Crippen LogP contribution in [0.3, 0.4) is 0 Å². The lowest BCUT2D eigenvalue weighted by atomic mass is 9.80. The average molecular weight is 368 g/mol. The van der Waals surface area contributed by atoms with E-state index in [0.29, 0.717) is 5.75 Å². The maximum atomic E-state index is 10.2. The minimum atomic E-state index is -1.46. The van der Waals surface area contributed by atoms with Gasteiger partial charge in [-0.3, -0.25) is 0 Å². The van der Waals surface area contributed by atoms with Crippen molar-refractivity contribution in [2.24, 2.45) is 0 Å². The van der Waals surface area contributed by atoms with Gasteiger partial charge in [-0.05, 0) is 28.0 Å². The summed E-state index contributed by atoms with van der Waals surface area (Å²) < 4.78 is 11.4. The number of hydrogen-bond acceptors (Lipinski definition) is 6. The normalized spacial score (nSPS) is 30.3. The smallest absolute Gasteiger partial charge is 0.229 e. The Morgan fingerprint density at radius 2 is 1.54 bits per heavy atom. The third-order valence-corrected chi connectivity index (χ3v) is 4.75. The summed E-state index contributed by atoms with van der Waals surface area (Å²) in [6.07, 6.45) is -6.47. The quantitative estimate of drug-likeness (QED) is 0.645. The number of aliphatic hydroxyl groups is 4. The summed E-state index contributed by atoms with van der Waals surface area (Å²) in [5, 5.41) is 39.4. The lowest BCUT2D eigenvalue weighted by Gasteiger charge is -2.40. The lowest BCUT2D eigenvalue weighted by Crippen LogP contribution is -2.60. The Hall–Kier alpha value is -1.18. The molecule has 0 aromatic heterocycles. The van der Waals surface area contributed by atoms with E-state index in [-0.39, 0.29) is 10.8 Å². The molecule has 0 unspecified atom stereocenters. The van der Waals surface area contributed by atoms with Gasteiger partial charge in [0.15, 0.2) is 0 Å². The summed E-state index contributed by atoms with van der Waals surface area (Å²) >= 11 is 0. The van der Waals surface area contributed by atoms with E-state index in [2.05, 4.69) is 47.6 Å². The second-order valence-electron chi connectivity index (χ2n) is 9.03. The van der Waals surface area contributed by atoms with Gasteiger partial charge in [-0.25, -0.2) is 0 Å². The van der Waals surface area contributed by atoms with Crippen LogP contribution in [-0.2, 0) is 15.6 Å². The van der Waals surface area contributed by atoms with Crippen molar-refractivity contribution in [3.05, 3.63) is 29.3 Å².